The smallest absolute Gasteiger partial charge is 0.183 e. The first kappa shape index (κ1) is 14.1. The molecule has 21 heavy (non-hydrogen) atoms. The average molecular weight is 292 g/mol. The summed E-state index contributed by atoms with van der Waals surface area (Å²) in [5, 5.41) is 0.574. The standard InChI is InChI=1S/C16H14F2O3/c1-9-7-20-16(21-8-9)10-2-3-12-11(4-10)5-14(17)13(6-19)15(12)18/h2-6,9,16H,7-8H2,1H3. The second kappa shape index (κ2) is 5.50. The summed E-state index contributed by atoms with van der Waals surface area (Å²) in [7, 11) is 0. The minimum atomic E-state index is -0.869. The predicted molar refractivity (Wildman–Crippen MR) is 73.1 cm³/mol. The fourth-order valence-corrected chi connectivity index (χ4v) is 2.41. The Labute approximate surface area is 120 Å². The minimum Gasteiger partial charge on any atom is -0.348 e. The van der Waals surface area contributed by atoms with Gasteiger partial charge in [0.05, 0.1) is 18.8 Å². The van der Waals surface area contributed by atoms with Crippen LogP contribution in [0.1, 0.15) is 29.1 Å². The second-order valence-electron chi connectivity index (χ2n) is 5.29. The molecule has 0 spiro atoms. The normalized spacial score (nSPS) is 22.4. The fraction of sp³-hybridized carbons (Fsp3) is 0.312. The first-order valence-electron chi connectivity index (χ1n) is 6.70. The molecule has 0 amide bonds. The number of halogens is 2. The molecule has 0 bridgehead atoms. The Kier molecular flexibility index (Phi) is 3.69. The number of rotatable bonds is 2. The van der Waals surface area contributed by atoms with Crippen LogP contribution < -0.4 is 0 Å². The van der Waals surface area contributed by atoms with Crippen LogP contribution in [-0.2, 0) is 9.47 Å². The van der Waals surface area contributed by atoms with Gasteiger partial charge in [-0.3, -0.25) is 4.79 Å². The quantitative estimate of drug-likeness (QED) is 0.793. The number of hydrogen-bond acceptors (Lipinski definition) is 3. The van der Waals surface area contributed by atoms with Crippen LogP contribution in [-0.4, -0.2) is 19.5 Å². The maximum atomic E-state index is 14.0. The van der Waals surface area contributed by atoms with Crippen LogP contribution in [0.25, 0.3) is 10.8 Å². The number of ether oxygens (including phenoxy) is 2. The number of carbonyl (C=O) groups is 1. The third kappa shape index (κ3) is 2.54. The van der Waals surface area contributed by atoms with E-state index >= 15 is 0 Å². The molecule has 0 aromatic heterocycles. The van der Waals surface area contributed by atoms with Crippen LogP contribution in [0.5, 0.6) is 0 Å². The molecule has 1 aliphatic rings. The van der Waals surface area contributed by atoms with E-state index in [0.717, 1.165) is 6.07 Å². The van der Waals surface area contributed by atoms with Gasteiger partial charge in [-0.05, 0) is 17.5 Å². The van der Waals surface area contributed by atoms with Crippen molar-refractivity contribution in [3.63, 3.8) is 0 Å². The molecular formula is C16H14F2O3. The first-order valence-corrected chi connectivity index (χ1v) is 6.70. The third-order valence-electron chi connectivity index (χ3n) is 3.54. The topological polar surface area (TPSA) is 35.5 Å². The van der Waals surface area contributed by atoms with Crippen molar-refractivity contribution in [1.29, 1.82) is 0 Å². The second-order valence-corrected chi connectivity index (χ2v) is 5.29. The number of benzene rings is 2. The Morgan fingerprint density at radius 2 is 1.90 bits per heavy atom. The average Bonchev–Trinajstić information content (AvgIpc) is 2.48. The van der Waals surface area contributed by atoms with Gasteiger partial charge in [-0.15, -0.1) is 0 Å². The van der Waals surface area contributed by atoms with Crippen molar-refractivity contribution in [1.82, 2.24) is 0 Å². The van der Waals surface area contributed by atoms with Crippen LogP contribution >= 0.6 is 0 Å². The van der Waals surface area contributed by atoms with Gasteiger partial charge >= 0.3 is 0 Å². The van der Waals surface area contributed by atoms with Gasteiger partial charge < -0.3 is 9.47 Å². The molecule has 1 saturated heterocycles. The molecule has 0 saturated carbocycles. The van der Waals surface area contributed by atoms with Gasteiger partial charge in [0.1, 0.15) is 11.6 Å². The summed E-state index contributed by atoms with van der Waals surface area (Å²) in [6, 6.07) is 5.95. The van der Waals surface area contributed by atoms with Crippen LogP contribution in [0, 0.1) is 17.6 Å². The summed E-state index contributed by atoms with van der Waals surface area (Å²) in [4.78, 5) is 10.7. The lowest BCUT2D eigenvalue weighted by atomic mass is 10.0. The van der Waals surface area contributed by atoms with Crippen molar-refractivity contribution in [2.45, 2.75) is 13.2 Å². The lowest BCUT2D eigenvalue weighted by Gasteiger charge is -2.27. The molecule has 2 aromatic carbocycles. The SMILES string of the molecule is CC1COC(c2ccc3c(F)c(C=O)c(F)cc3c2)OC1. The van der Waals surface area contributed by atoms with Crippen LogP contribution in [0.2, 0.25) is 0 Å². The third-order valence-corrected chi connectivity index (χ3v) is 3.54. The van der Waals surface area contributed by atoms with E-state index in [-0.39, 0.29) is 11.7 Å². The molecule has 0 N–H and O–H groups in total. The number of hydrogen-bond donors (Lipinski definition) is 0. The summed E-state index contributed by atoms with van der Waals surface area (Å²) in [6.07, 6.45) is -0.338. The molecule has 3 nitrogen and oxygen atoms in total. The summed E-state index contributed by atoms with van der Waals surface area (Å²) in [6.45, 7) is 3.17. The Balaban J connectivity index is 2.02. The van der Waals surface area contributed by atoms with Crippen molar-refractivity contribution in [2.24, 2.45) is 5.92 Å². The van der Waals surface area contributed by atoms with E-state index in [1.807, 2.05) is 6.92 Å². The van der Waals surface area contributed by atoms with Crippen molar-refractivity contribution >= 4 is 17.1 Å². The van der Waals surface area contributed by atoms with Gasteiger partial charge in [0.25, 0.3) is 0 Å². The van der Waals surface area contributed by atoms with E-state index in [2.05, 4.69) is 0 Å². The Morgan fingerprint density at radius 3 is 2.57 bits per heavy atom. The van der Waals surface area contributed by atoms with Gasteiger partial charge in [0.15, 0.2) is 12.6 Å². The molecular weight excluding hydrogens is 278 g/mol. The van der Waals surface area contributed by atoms with Gasteiger partial charge in [0.2, 0.25) is 0 Å². The Morgan fingerprint density at radius 1 is 1.19 bits per heavy atom. The predicted octanol–water partition coefficient (Wildman–Crippen LogP) is 3.61. The maximum Gasteiger partial charge on any atom is 0.183 e. The zero-order valence-electron chi connectivity index (χ0n) is 11.4. The van der Waals surface area contributed by atoms with Gasteiger partial charge in [0, 0.05) is 16.9 Å². The Bertz CT molecular complexity index is 691. The Hall–Kier alpha value is -1.85. The first-order chi connectivity index (χ1) is 10.1. The molecule has 0 unspecified atom stereocenters. The van der Waals surface area contributed by atoms with E-state index in [1.165, 1.54) is 6.07 Å². The highest BCUT2D eigenvalue weighted by Gasteiger charge is 2.22. The minimum absolute atomic E-state index is 0.187. The summed E-state index contributed by atoms with van der Waals surface area (Å²) < 4.78 is 38.8. The van der Waals surface area contributed by atoms with Gasteiger partial charge in [-0.25, -0.2) is 8.78 Å². The van der Waals surface area contributed by atoms with E-state index < -0.39 is 23.5 Å². The number of aldehydes is 1. The lowest BCUT2D eigenvalue weighted by molar-refractivity contribution is -0.202. The van der Waals surface area contributed by atoms with E-state index in [9.17, 15) is 13.6 Å². The molecule has 5 heteroatoms. The van der Waals surface area contributed by atoms with Crippen molar-refractivity contribution in [3.8, 4) is 0 Å². The summed E-state index contributed by atoms with van der Waals surface area (Å²) in [5.41, 5.74) is 0.154. The van der Waals surface area contributed by atoms with Crippen LogP contribution in [0.15, 0.2) is 24.3 Å². The lowest BCUT2D eigenvalue weighted by Crippen LogP contribution is -2.24. The van der Waals surface area contributed by atoms with E-state index in [4.69, 9.17) is 9.47 Å². The molecule has 0 radical (unpaired) electrons. The van der Waals surface area contributed by atoms with Crippen LogP contribution in [0.3, 0.4) is 0 Å². The van der Waals surface area contributed by atoms with E-state index in [1.54, 1.807) is 12.1 Å². The van der Waals surface area contributed by atoms with Crippen molar-refractivity contribution in [3.05, 3.63) is 47.0 Å². The van der Waals surface area contributed by atoms with Gasteiger partial charge in [-0.2, -0.15) is 0 Å². The monoisotopic (exact) mass is 292 g/mol. The van der Waals surface area contributed by atoms with Gasteiger partial charge in [-0.1, -0.05) is 19.1 Å². The maximum absolute atomic E-state index is 14.0. The molecule has 3 rings (SSSR count). The molecule has 1 fully saturated rings. The molecule has 0 aliphatic carbocycles. The molecule has 0 atom stereocenters. The molecule has 110 valence electrons. The summed E-state index contributed by atoms with van der Waals surface area (Å²) in [5.74, 6) is -1.39. The largest absolute Gasteiger partial charge is 0.348 e. The van der Waals surface area contributed by atoms with Crippen molar-refractivity contribution in [2.75, 3.05) is 13.2 Å². The molecule has 1 aliphatic heterocycles. The van der Waals surface area contributed by atoms with Crippen molar-refractivity contribution < 1.29 is 23.0 Å². The zero-order valence-corrected chi connectivity index (χ0v) is 11.4. The van der Waals surface area contributed by atoms with Crippen LogP contribution in [0.4, 0.5) is 8.78 Å². The zero-order chi connectivity index (χ0) is 15.0. The van der Waals surface area contributed by atoms with E-state index in [0.29, 0.717) is 30.1 Å². The number of fused-ring (bicyclic) bond motifs is 1. The highest BCUT2D eigenvalue weighted by molar-refractivity contribution is 5.90. The molecule has 2 aromatic rings. The highest BCUT2D eigenvalue weighted by Crippen LogP contribution is 2.30. The highest BCUT2D eigenvalue weighted by atomic mass is 19.1. The summed E-state index contributed by atoms with van der Waals surface area (Å²) >= 11 is 0. The molecule has 1 heterocycles. The fourth-order valence-electron chi connectivity index (χ4n) is 2.41. The number of carbonyl (C=O) groups excluding carboxylic acids is 1.